The van der Waals surface area contributed by atoms with E-state index in [1.165, 1.54) is 11.3 Å². The highest BCUT2D eigenvalue weighted by atomic mass is 32.1. The lowest BCUT2D eigenvalue weighted by Crippen LogP contribution is -2.40. The van der Waals surface area contributed by atoms with Gasteiger partial charge in [-0.05, 0) is 43.3 Å². The molecule has 21 heavy (non-hydrogen) atoms. The van der Waals surface area contributed by atoms with Crippen LogP contribution in [0.15, 0.2) is 35.7 Å². The quantitative estimate of drug-likeness (QED) is 0.811. The van der Waals surface area contributed by atoms with Crippen molar-refractivity contribution in [1.29, 1.82) is 0 Å². The van der Waals surface area contributed by atoms with Gasteiger partial charge in [0.15, 0.2) is 0 Å². The number of para-hydroxylation sites is 1. The maximum Gasteiger partial charge on any atom is 0.319 e. The SMILES string of the molecule is Cc1cccc(C)c1NC(=O)NCC(C)(O)c1cccs1. The van der Waals surface area contributed by atoms with Gasteiger partial charge in [-0.15, -0.1) is 11.3 Å². The fourth-order valence-corrected chi connectivity index (χ4v) is 2.88. The van der Waals surface area contributed by atoms with Crippen molar-refractivity contribution in [3.05, 3.63) is 51.7 Å². The minimum Gasteiger partial charge on any atom is -0.383 e. The fraction of sp³-hybridized carbons (Fsp3) is 0.312. The largest absolute Gasteiger partial charge is 0.383 e. The first-order valence-electron chi connectivity index (χ1n) is 6.77. The molecule has 0 aliphatic rings. The summed E-state index contributed by atoms with van der Waals surface area (Å²) in [6.45, 7) is 5.75. The van der Waals surface area contributed by atoms with Gasteiger partial charge in [-0.1, -0.05) is 24.3 Å². The van der Waals surface area contributed by atoms with Crippen molar-refractivity contribution in [3.8, 4) is 0 Å². The molecule has 2 amide bonds. The molecule has 1 unspecified atom stereocenters. The Balaban J connectivity index is 1.97. The third-order valence-electron chi connectivity index (χ3n) is 3.36. The first-order chi connectivity index (χ1) is 9.90. The Bertz CT molecular complexity index is 601. The van der Waals surface area contributed by atoms with Crippen LogP contribution in [0.1, 0.15) is 22.9 Å². The maximum absolute atomic E-state index is 12.0. The molecule has 0 aliphatic carbocycles. The molecule has 0 bridgehead atoms. The number of aliphatic hydroxyl groups is 1. The number of hydrogen-bond donors (Lipinski definition) is 3. The van der Waals surface area contributed by atoms with Crippen LogP contribution in [-0.4, -0.2) is 17.7 Å². The number of amides is 2. The molecule has 0 radical (unpaired) electrons. The van der Waals surface area contributed by atoms with Crippen molar-refractivity contribution in [3.63, 3.8) is 0 Å². The zero-order valence-electron chi connectivity index (χ0n) is 12.4. The molecule has 2 rings (SSSR count). The van der Waals surface area contributed by atoms with Crippen LogP contribution in [0.2, 0.25) is 0 Å². The first kappa shape index (κ1) is 15.5. The molecule has 1 aromatic carbocycles. The molecule has 0 aliphatic heterocycles. The number of anilines is 1. The molecule has 3 N–H and O–H groups in total. The Morgan fingerprint density at radius 3 is 2.48 bits per heavy atom. The standard InChI is InChI=1S/C16H20N2O2S/c1-11-6-4-7-12(2)14(11)18-15(19)17-10-16(3,20)13-8-5-9-21-13/h4-9,20H,10H2,1-3H3,(H2,17,18,19). The molecule has 0 spiro atoms. The number of carbonyl (C=O) groups is 1. The molecular formula is C16H20N2O2S. The van der Waals surface area contributed by atoms with Crippen LogP contribution in [0.3, 0.4) is 0 Å². The number of benzene rings is 1. The minimum atomic E-state index is -1.06. The van der Waals surface area contributed by atoms with Gasteiger partial charge >= 0.3 is 6.03 Å². The van der Waals surface area contributed by atoms with Gasteiger partial charge in [0.2, 0.25) is 0 Å². The highest BCUT2D eigenvalue weighted by Gasteiger charge is 2.24. The number of urea groups is 1. The predicted molar refractivity (Wildman–Crippen MR) is 86.8 cm³/mol. The lowest BCUT2D eigenvalue weighted by Gasteiger charge is -2.22. The van der Waals surface area contributed by atoms with E-state index < -0.39 is 5.60 Å². The number of rotatable bonds is 4. The zero-order chi connectivity index (χ0) is 15.5. The topological polar surface area (TPSA) is 61.4 Å². The predicted octanol–water partition coefficient (Wildman–Crippen LogP) is 3.39. The summed E-state index contributed by atoms with van der Waals surface area (Å²) in [7, 11) is 0. The van der Waals surface area contributed by atoms with Crippen molar-refractivity contribution in [1.82, 2.24) is 5.32 Å². The normalized spacial score (nSPS) is 13.5. The second-order valence-corrected chi connectivity index (χ2v) is 6.27. The number of nitrogens with one attached hydrogen (secondary N) is 2. The molecule has 4 nitrogen and oxygen atoms in total. The highest BCUT2D eigenvalue weighted by molar-refractivity contribution is 7.10. The van der Waals surface area contributed by atoms with Gasteiger partial charge in [0.25, 0.3) is 0 Å². The Kier molecular flexibility index (Phi) is 4.65. The smallest absolute Gasteiger partial charge is 0.319 e. The Labute approximate surface area is 128 Å². The van der Waals surface area contributed by atoms with E-state index in [1.807, 2.05) is 49.6 Å². The van der Waals surface area contributed by atoms with Crippen LogP contribution in [0.25, 0.3) is 0 Å². The van der Waals surface area contributed by atoms with Crippen molar-refractivity contribution in [2.24, 2.45) is 0 Å². The van der Waals surface area contributed by atoms with E-state index in [9.17, 15) is 9.90 Å². The lowest BCUT2D eigenvalue weighted by molar-refractivity contribution is 0.0637. The minimum absolute atomic E-state index is 0.157. The molecule has 112 valence electrons. The van der Waals surface area contributed by atoms with E-state index in [1.54, 1.807) is 6.92 Å². The van der Waals surface area contributed by atoms with E-state index >= 15 is 0 Å². The summed E-state index contributed by atoms with van der Waals surface area (Å²) < 4.78 is 0. The van der Waals surface area contributed by atoms with Gasteiger partial charge < -0.3 is 15.7 Å². The van der Waals surface area contributed by atoms with Crippen LogP contribution in [-0.2, 0) is 5.60 Å². The summed E-state index contributed by atoms with van der Waals surface area (Å²) in [5, 5.41) is 17.8. The van der Waals surface area contributed by atoms with E-state index in [4.69, 9.17) is 0 Å². The number of thiophene rings is 1. The highest BCUT2D eigenvalue weighted by Crippen LogP contribution is 2.24. The van der Waals surface area contributed by atoms with Gasteiger partial charge in [-0.25, -0.2) is 4.79 Å². The summed E-state index contributed by atoms with van der Waals surface area (Å²) in [6.07, 6.45) is 0. The van der Waals surface area contributed by atoms with Gasteiger partial charge in [-0.2, -0.15) is 0 Å². The molecule has 1 atom stereocenters. The van der Waals surface area contributed by atoms with Crippen LogP contribution >= 0.6 is 11.3 Å². The van der Waals surface area contributed by atoms with Crippen LogP contribution in [0.4, 0.5) is 10.5 Å². The summed E-state index contributed by atoms with van der Waals surface area (Å²) in [5.74, 6) is 0. The Morgan fingerprint density at radius 2 is 1.90 bits per heavy atom. The third-order valence-corrected chi connectivity index (χ3v) is 4.49. The number of carbonyl (C=O) groups excluding carboxylic acids is 1. The molecule has 0 saturated heterocycles. The molecule has 1 heterocycles. The lowest BCUT2D eigenvalue weighted by atomic mass is 10.1. The number of hydrogen-bond acceptors (Lipinski definition) is 3. The van der Waals surface area contributed by atoms with Gasteiger partial charge in [0, 0.05) is 10.6 Å². The second kappa shape index (κ2) is 6.28. The summed E-state index contributed by atoms with van der Waals surface area (Å²) in [6, 6.07) is 9.27. The van der Waals surface area contributed by atoms with Gasteiger partial charge in [-0.3, -0.25) is 0 Å². The van der Waals surface area contributed by atoms with Crippen molar-refractivity contribution in [2.45, 2.75) is 26.4 Å². The van der Waals surface area contributed by atoms with E-state index in [0.29, 0.717) is 0 Å². The van der Waals surface area contributed by atoms with Crippen LogP contribution in [0, 0.1) is 13.8 Å². The summed E-state index contributed by atoms with van der Waals surface area (Å²) in [5.41, 5.74) is 1.77. The molecule has 5 heteroatoms. The molecule has 0 fully saturated rings. The Morgan fingerprint density at radius 1 is 1.24 bits per heavy atom. The zero-order valence-corrected chi connectivity index (χ0v) is 13.3. The average molecular weight is 304 g/mol. The first-order valence-corrected chi connectivity index (χ1v) is 7.65. The average Bonchev–Trinajstić information content (AvgIpc) is 2.96. The molecular weight excluding hydrogens is 284 g/mol. The summed E-state index contributed by atoms with van der Waals surface area (Å²) in [4.78, 5) is 12.8. The number of aryl methyl sites for hydroxylation is 2. The second-order valence-electron chi connectivity index (χ2n) is 5.33. The van der Waals surface area contributed by atoms with E-state index in [0.717, 1.165) is 21.7 Å². The van der Waals surface area contributed by atoms with Crippen molar-refractivity contribution >= 4 is 23.1 Å². The van der Waals surface area contributed by atoms with E-state index in [-0.39, 0.29) is 12.6 Å². The van der Waals surface area contributed by atoms with Crippen LogP contribution < -0.4 is 10.6 Å². The van der Waals surface area contributed by atoms with Gasteiger partial charge in [0.05, 0.1) is 6.54 Å². The third kappa shape index (κ3) is 3.83. The molecule has 1 aromatic heterocycles. The Hall–Kier alpha value is -1.85. The molecule has 2 aromatic rings. The molecule has 0 saturated carbocycles. The summed E-state index contributed by atoms with van der Waals surface area (Å²) >= 11 is 1.47. The monoisotopic (exact) mass is 304 g/mol. The van der Waals surface area contributed by atoms with Crippen molar-refractivity contribution in [2.75, 3.05) is 11.9 Å². The maximum atomic E-state index is 12.0. The van der Waals surface area contributed by atoms with Crippen molar-refractivity contribution < 1.29 is 9.90 Å². The van der Waals surface area contributed by atoms with Gasteiger partial charge in [0.1, 0.15) is 5.60 Å². The van der Waals surface area contributed by atoms with Crippen LogP contribution in [0.5, 0.6) is 0 Å². The fourth-order valence-electron chi connectivity index (χ4n) is 2.09. The van der Waals surface area contributed by atoms with E-state index in [2.05, 4.69) is 10.6 Å².